The summed E-state index contributed by atoms with van der Waals surface area (Å²) in [4.78, 5) is 3.92. The zero-order chi connectivity index (χ0) is 10.1. The lowest BCUT2D eigenvalue weighted by molar-refractivity contribution is 0.0737. The number of aromatic nitrogens is 1. The van der Waals surface area contributed by atoms with Crippen molar-refractivity contribution in [3.05, 3.63) is 23.4 Å². The van der Waals surface area contributed by atoms with Crippen LogP contribution in [0.1, 0.15) is 25.1 Å². The molecular formula is C9H11N3O. The third-order valence-electron chi connectivity index (χ3n) is 1.62. The highest BCUT2D eigenvalue weighted by atomic mass is 16.3. The molecule has 0 aliphatic carbocycles. The molecule has 0 unspecified atom stereocenters. The largest absolute Gasteiger partial charge is 0.384 e. The number of aliphatic hydroxyl groups is 1. The molecule has 1 heterocycles. The monoisotopic (exact) mass is 177 g/mol. The van der Waals surface area contributed by atoms with Crippen LogP contribution >= 0.6 is 0 Å². The third-order valence-corrected chi connectivity index (χ3v) is 1.62. The number of rotatable bonds is 1. The van der Waals surface area contributed by atoms with E-state index in [4.69, 9.17) is 11.0 Å². The van der Waals surface area contributed by atoms with Gasteiger partial charge in [-0.05, 0) is 26.0 Å². The van der Waals surface area contributed by atoms with Crippen LogP contribution in [0.4, 0.5) is 5.82 Å². The summed E-state index contributed by atoms with van der Waals surface area (Å²) in [6, 6.07) is 5.04. The summed E-state index contributed by atoms with van der Waals surface area (Å²) < 4.78 is 0. The van der Waals surface area contributed by atoms with Crippen molar-refractivity contribution in [1.82, 2.24) is 4.98 Å². The molecule has 0 atom stereocenters. The van der Waals surface area contributed by atoms with E-state index in [1.54, 1.807) is 19.9 Å². The van der Waals surface area contributed by atoms with E-state index in [1.165, 1.54) is 6.07 Å². The van der Waals surface area contributed by atoms with Crippen LogP contribution in [0.15, 0.2) is 12.1 Å². The van der Waals surface area contributed by atoms with Crippen molar-refractivity contribution < 1.29 is 5.11 Å². The first kappa shape index (κ1) is 9.49. The van der Waals surface area contributed by atoms with Gasteiger partial charge in [-0.25, -0.2) is 4.98 Å². The van der Waals surface area contributed by atoms with E-state index in [0.717, 1.165) is 0 Å². The Kier molecular flexibility index (Phi) is 2.22. The molecule has 13 heavy (non-hydrogen) atoms. The molecule has 4 heteroatoms. The molecule has 4 nitrogen and oxygen atoms in total. The van der Waals surface area contributed by atoms with Gasteiger partial charge in [-0.3, -0.25) is 0 Å². The van der Waals surface area contributed by atoms with E-state index in [1.807, 2.05) is 6.07 Å². The molecule has 1 rings (SSSR count). The highest BCUT2D eigenvalue weighted by Gasteiger charge is 2.21. The van der Waals surface area contributed by atoms with E-state index in [2.05, 4.69) is 4.98 Å². The average molecular weight is 177 g/mol. The lowest BCUT2D eigenvalue weighted by atomic mass is 10.00. The van der Waals surface area contributed by atoms with E-state index < -0.39 is 5.60 Å². The summed E-state index contributed by atoms with van der Waals surface area (Å²) in [5.74, 6) is 0.302. The van der Waals surface area contributed by atoms with Crippen LogP contribution < -0.4 is 5.73 Å². The second kappa shape index (κ2) is 3.04. The average Bonchev–Trinajstić information content (AvgIpc) is 2.03. The molecule has 0 saturated carbocycles. The van der Waals surface area contributed by atoms with Crippen LogP contribution in [-0.4, -0.2) is 10.1 Å². The first-order chi connectivity index (χ1) is 5.95. The maximum atomic E-state index is 9.66. The second-order valence-corrected chi connectivity index (χ2v) is 3.30. The fourth-order valence-corrected chi connectivity index (χ4v) is 1.03. The van der Waals surface area contributed by atoms with Crippen molar-refractivity contribution in [1.29, 1.82) is 5.26 Å². The molecule has 0 aromatic carbocycles. The molecule has 1 aromatic rings. The van der Waals surface area contributed by atoms with Crippen molar-refractivity contribution in [2.24, 2.45) is 0 Å². The van der Waals surface area contributed by atoms with Crippen molar-refractivity contribution in [2.75, 3.05) is 5.73 Å². The molecule has 0 radical (unpaired) electrons. The fourth-order valence-electron chi connectivity index (χ4n) is 1.03. The van der Waals surface area contributed by atoms with Gasteiger partial charge < -0.3 is 10.8 Å². The van der Waals surface area contributed by atoms with Gasteiger partial charge >= 0.3 is 0 Å². The molecule has 1 aromatic heterocycles. The van der Waals surface area contributed by atoms with Gasteiger partial charge in [0.05, 0.1) is 11.3 Å². The molecule has 0 fully saturated rings. The SMILES string of the molecule is CC(C)(O)c1nc(N)ccc1C#N. The maximum Gasteiger partial charge on any atom is 0.123 e. The number of pyridine rings is 1. The number of hydrogen-bond acceptors (Lipinski definition) is 4. The van der Waals surface area contributed by atoms with Gasteiger partial charge in [0.1, 0.15) is 17.5 Å². The van der Waals surface area contributed by atoms with Crippen molar-refractivity contribution >= 4 is 5.82 Å². The summed E-state index contributed by atoms with van der Waals surface area (Å²) in [6.45, 7) is 3.13. The van der Waals surface area contributed by atoms with Gasteiger partial charge in [0, 0.05) is 0 Å². The number of nitrogens with two attached hydrogens (primary N) is 1. The Bertz CT molecular complexity index is 360. The van der Waals surface area contributed by atoms with E-state index in [9.17, 15) is 5.11 Å². The minimum absolute atomic E-state index is 0.302. The van der Waals surface area contributed by atoms with Crippen molar-refractivity contribution in [2.45, 2.75) is 19.4 Å². The van der Waals surface area contributed by atoms with Gasteiger partial charge in [0.25, 0.3) is 0 Å². The molecule has 0 aliphatic heterocycles. The van der Waals surface area contributed by atoms with Crippen LogP contribution in [-0.2, 0) is 5.60 Å². The first-order valence-corrected chi connectivity index (χ1v) is 3.84. The minimum atomic E-state index is -1.14. The summed E-state index contributed by atoms with van der Waals surface area (Å²) in [5.41, 5.74) is 4.97. The Labute approximate surface area is 76.6 Å². The van der Waals surface area contributed by atoms with Gasteiger partial charge in [-0.2, -0.15) is 5.26 Å². The topological polar surface area (TPSA) is 82.9 Å². The Hall–Kier alpha value is -1.60. The molecule has 3 N–H and O–H groups in total. The normalized spacial score (nSPS) is 10.9. The van der Waals surface area contributed by atoms with Crippen LogP contribution in [0.5, 0.6) is 0 Å². The predicted octanol–water partition coefficient (Wildman–Crippen LogP) is 0.763. The highest BCUT2D eigenvalue weighted by molar-refractivity contribution is 5.42. The summed E-state index contributed by atoms with van der Waals surface area (Å²) >= 11 is 0. The van der Waals surface area contributed by atoms with Gasteiger partial charge in [-0.1, -0.05) is 0 Å². The Balaban J connectivity index is 3.35. The van der Waals surface area contributed by atoms with E-state index in [0.29, 0.717) is 17.1 Å². The number of hydrogen-bond donors (Lipinski definition) is 2. The highest BCUT2D eigenvalue weighted by Crippen LogP contribution is 2.21. The summed E-state index contributed by atoms with van der Waals surface area (Å²) in [5, 5.41) is 18.4. The molecule has 0 aliphatic rings. The lowest BCUT2D eigenvalue weighted by Gasteiger charge is -2.17. The van der Waals surface area contributed by atoms with Gasteiger partial charge in [0.2, 0.25) is 0 Å². The maximum absolute atomic E-state index is 9.66. The smallest absolute Gasteiger partial charge is 0.123 e. The molecule has 0 amide bonds. The third kappa shape index (κ3) is 1.95. The predicted molar refractivity (Wildman–Crippen MR) is 48.6 cm³/mol. The standard InChI is InChI=1S/C9H11N3O/c1-9(2,13)8-6(5-10)3-4-7(11)12-8/h3-4,13H,1-2H3,(H2,11,12). The Morgan fingerprint density at radius 3 is 2.62 bits per heavy atom. The number of nitrogen functional groups attached to an aromatic ring is 1. The van der Waals surface area contributed by atoms with Crippen LogP contribution in [0.2, 0.25) is 0 Å². The quantitative estimate of drug-likeness (QED) is 0.663. The van der Waals surface area contributed by atoms with Crippen molar-refractivity contribution in [3.63, 3.8) is 0 Å². The molecule has 0 bridgehead atoms. The van der Waals surface area contributed by atoms with Crippen molar-refractivity contribution in [3.8, 4) is 6.07 Å². The number of nitrogens with zero attached hydrogens (tertiary/aromatic N) is 2. The number of nitriles is 1. The molecule has 68 valence electrons. The van der Waals surface area contributed by atoms with Crippen LogP contribution in [0.3, 0.4) is 0 Å². The lowest BCUT2D eigenvalue weighted by Crippen LogP contribution is -2.20. The summed E-state index contributed by atoms with van der Waals surface area (Å²) in [6.07, 6.45) is 0. The Morgan fingerprint density at radius 2 is 2.15 bits per heavy atom. The summed E-state index contributed by atoms with van der Waals surface area (Å²) in [7, 11) is 0. The first-order valence-electron chi connectivity index (χ1n) is 3.84. The zero-order valence-corrected chi connectivity index (χ0v) is 7.57. The second-order valence-electron chi connectivity index (χ2n) is 3.30. The van der Waals surface area contributed by atoms with Crippen LogP contribution in [0, 0.1) is 11.3 Å². The van der Waals surface area contributed by atoms with Gasteiger partial charge in [-0.15, -0.1) is 0 Å². The zero-order valence-electron chi connectivity index (χ0n) is 7.57. The minimum Gasteiger partial charge on any atom is -0.384 e. The fraction of sp³-hybridized carbons (Fsp3) is 0.333. The molecule has 0 spiro atoms. The van der Waals surface area contributed by atoms with Crippen LogP contribution in [0.25, 0.3) is 0 Å². The van der Waals surface area contributed by atoms with E-state index >= 15 is 0 Å². The molecular weight excluding hydrogens is 166 g/mol. The van der Waals surface area contributed by atoms with E-state index in [-0.39, 0.29) is 0 Å². The Morgan fingerprint density at radius 1 is 1.54 bits per heavy atom. The van der Waals surface area contributed by atoms with Gasteiger partial charge in [0.15, 0.2) is 0 Å². The number of anilines is 1. The molecule has 0 saturated heterocycles.